The maximum atomic E-state index is 10.7. The summed E-state index contributed by atoms with van der Waals surface area (Å²) in [5, 5.41) is 0. The summed E-state index contributed by atoms with van der Waals surface area (Å²) in [6, 6.07) is 0. The van der Waals surface area contributed by atoms with E-state index in [4.69, 9.17) is 4.74 Å². The van der Waals surface area contributed by atoms with Crippen molar-refractivity contribution in [2.45, 2.75) is 26.4 Å². The van der Waals surface area contributed by atoms with Crippen LogP contribution < -0.4 is 0 Å². The van der Waals surface area contributed by atoms with Gasteiger partial charge >= 0.3 is 12.1 Å². The molecule has 76 valence electrons. The van der Waals surface area contributed by atoms with E-state index >= 15 is 0 Å². The first kappa shape index (κ1) is 11.7. The second-order valence-electron chi connectivity index (χ2n) is 2.42. The minimum Gasteiger partial charge on any atom is -0.462 e. The summed E-state index contributed by atoms with van der Waals surface area (Å²) >= 11 is 0. The molecule has 0 aliphatic heterocycles. The van der Waals surface area contributed by atoms with Crippen LogP contribution in [0.5, 0.6) is 0 Å². The third-order valence-electron chi connectivity index (χ3n) is 1.23. The van der Waals surface area contributed by atoms with Gasteiger partial charge < -0.3 is 14.2 Å². The summed E-state index contributed by atoms with van der Waals surface area (Å²) in [4.78, 5) is 21.2. The Kier molecular flexibility index (Phi) is 5.67. The highest BCUT2D eigenvalue weighted by molar-refractivity contribution is 5.68. The van der Waals surface area contributed by atoms with Crippen LogP contribution in [-0.2, 0) is 19.0 Å². The Bertz CT molecular complexity index is 177. The van der Waals surface area contributed by atoms with Crippen molar-refractivity contribution in [1.82, 2.24) is 0 Å². The van der Waals surface area contributed by atoms with E-state index in [-0.39, 0.29) is 12.6 Å². The molecule has 0 aromatic heterocycles. The van der Waals surface area contributed by atoms with E-state index in [1.807, 2.05) is 0 Å². The smallest absolute Gasteiger partial charge is 0.462 e. The van der Waals surface area contributed by atoms with Crippen LogP contribution in [0, 0.1) is 0 Å². The number of rotatable bonds is 4. The fourth-order valence-corrected chi connectivity index (χ4v) is 0.559. The summed E-state index contributed by atoms with van der Waals surface area (Å²) in [6.45, 7) is 3.36. The highest BCUT2D eigenvalue weighted by atomic mass is 16.7. The number of hydrogen-bond acceptors (Lipinski definition) is 5. The van der Waals surface area contributed by atoms with Crippen molar-refractivity contribution in [3.8, 4) is 0 Å². The van der Waals surface area contributed by atoms with E-state index in [1.165, 1.54) is 7.11 Å². The normalized spacial score (nSPS) is 11.6. The molecule has 0 N–H and O–H groups in total. The average Bonchev–Trinajstić information content (AvgIpc) is 2.13. The zero-order chi connectivity index (χ0) is 10.3. The molecule has 0 heterocycles. The number of carbonyl (C=O) groups is 2. The van der Waals surface area contributed by atoms with Gasteiger partial charge in [0, 0.05) is 6.42 Å². The van der Waals surface area contributed by atoms with Crippen LogP contribution in [0.15, 0.2) is 0 Å². The van der Waals surface area contributed by atoms with Gasteiger partial charge in [0.05, 0.1) is 7.11 Å². The molecule has 0 saturated heterocycles. The van der Waals surface area contributed by atoms with Crippen LogP contribution in [0.4, 0.5) is 4.79 Å². The Labute approximate surface area is 77.0 Å². The van der Waals surface area contributed by atoms with Crippen LogP contribution in [0.25, 0.3) is 0 Å². The van der Waals surface area contributed by atoms with Crippen molar-refractivity contribution < 1.29 is 23.8 Å². The first-order chi connectivity index (χ1) is 6.10. The van der Waals surface area contributed by atoms with Crippen LogP contribution in [0.2, 0.25) is 0 Å². The van der Waals surface area contributed by atoms with Crippen molar-refractivity contribution in [3.63, 3.8) is 0 Å². The van der Waals surface area contributed by atoms with Crippen molar-refractivity contribution in [3.05, 3.63) is 0 Å². The summed E-state index contributed by atoms with van der Waals surface area (Å²) < 4.78 is 13.6. The number of ether oxygens (including phenoxy) is 3. The number of methoxy groups -OCH3 is 1. The lowest BCUT2D eigenvalue weighted by molar-refractivity contribution is -0.146. The predicted octanol–water partition coefficient (Wildman–Crippen LogP) is 1.11. The molecule has 0 saturated carbocycles. The Morgan fingerprint density at radius 3 is 2.46 bits per heavy atom. The number of hydrogen-bond donors (Lipinski definition) is 0. The van der Waals surface area contributed by atoms with Gasteiger partial charge in [-0.3, -0.25) is 4.79 Å². The highest BCUT2D eigenvalue weighted by Crippen LogP contribution is 1.95. The van der Waals surface area contributed by atoms with Gasteiger partial charge in [0.1, 0.15) is 12.7 Å². The Balaban J connectivity index is 3.56. The van der Waals surface area contributed by atoms with Crippen LogP contribution in [0.3, 0.4) is 0 Å². The molecule has 0 amide bonds. The van der Waals surface area contributed by atoms with Gasteiger partial charge in [-0.2, -0.15) is 0 Å². The zero-order valence-corrected chi connectivity index (χ0v) is 8.03. The van der Waals surface area contributed by atoms with E-state index in [2.05, 4.69) is 9.47 Å². The minimum absolute atomic E-state index is 0.0573. The zero-order valence-electron chi connectivity index (χ0n) is 8.03. The predicted molar refractivity (Wildman–Crippen MR) is 44.2 cm³/mol. The Hall–Kier alpha value is -1.26. The third kappa shape index (κ3) is 5.95. The molecule has 0 fully saturated rings. The van der Waals surface area contributed by atoms with Crippen molar-refractivity contribution in [1.29, 1.82) is 0 Å². The molecule has 0 bridgehead atoms. The summed E-state index contributed by atoms with van der Waals surface area (Å²) in [5.74, 6) is -0.319. The van der Waals surface area contributed by atoms with E-state index in [1.54, 1.807) is 13.8 Å². The van der Waals surface area contributed by atoms with Gasteiger partial charge in [0.2, 0.25) is 0 Å². The molecule has 0 radical (unpaired) electrons. The molecule has 0 spiro atoms. The Morgan fingerprint density at radius 2 is 2.00 bits per heavy atom. The molecule has 0 aromatic rings. The van der Waals surface area contributed by atoms with Gasteiger partial charge in [0.25, 0.3) is 0 Å². The van der Waals surface area contributed by atoms with Crippen LogP contribution >= 0.6 is 0 Å². The highest BCUT2D eigenvalue weighted by Gasteiger charge is 2.10. The lowest BCUT2D eigenvalue weighted by Gasteiger charge is -2.11. The second-order valence-corrected chi connectivity index (χ2v) is 2.42. The quantitative estimate of drug-likeness (QED) is 0.621. The van der Waals surface area contributed by atoms with Gasteiger partial charge in [-0.15, -0.1) is 0 Å². The minimum atomic E-state index is -0.778. The fourth-order valence-electron chi connectivity index (χ4n) is 0.559. The first-order valence-electron chi connectivity index (χ1n) is 4.00. The van der Waals surface area contributed by atoms with Crippen LogP contribution in [-0.4, -0.2) is 31.9 Å². The molecular weight excluding hydrogens is 176 g/mol. The van der Waals surface area contributed by atoms with Crippen LogP contribution in [0.1, 0.15) is 20.3 Å². The molecule has 0 aromatic carbocycles. The Morgan fingerprint density at radius 1 is 1.38 bits per heavy atom. The second kappa shape index (κ2) is 6.28. The van der Waals surface area contributed by atoms with Gasteiger partial charge in [-0.25, -0.2) is 4.79 Å². The van der Waals surface area contributed by atoms with Crippen molar-refractivity contribution >= 4 is 12.1 Å². The van der Waals surface area contributed by atoms with E-state index < -0.39 is 12.3 Å². The first-order valence-corrected chi connectivity index (χ1v) is 4.00. The van der Waals surface area contributed by atoms with Crippen molar-refractivity contribution in [2.24, 2.45) is 0 Å². The molecule has 0 rings (SSSR count). The molecule has 5 heteroatoms. The lowest BCUT2D eigenvalue weighted by atomic mass is 10.4. The molecule has 0 aliphatic rings. The lowest BCUT2D eigenvalue weighted by Crippen LogP contribution is -2.22. The maximum absolute atomic E-state index is 10.7. The van der Waals surface area contributed by atoms with Gasteiger partial charge in [-0.05, 0) is 6.92 Å². The fraction of sp³-hybridized carbons (Fsp3) is 0.750. The van der Waals surface area contributed by atoms with Crippen molar-refractivity contribution in [2.75, 3.05) is 13.7 Å². The maximum Gasteiger partial charge on any atom is 0.508 e. The molecule has 1 atom stereocenters. The van der Waals surface area contributed by atoms with E-state index in [9.17, 15) is 9.59 Å². The topological polar surface area (TPSA) is 61.8 Å². The van der Waals surface area contributed by atoms with E-state index in [0.717, 1.165) is 0 Å². The average molecular weight is 190 g/mol. The summed E-state index contributed by atoms with van der Waals surface area (Å²) in [5.41, 5.74) is 0. The van der Waals surface area contributed by atoms with Gasteiger partial charge in [0.15, 0.2) is 0 Å². The standard InChI is InChI=1S/C8H14O5/c1-4-7(9)12-5-6(2)13-8(10)11-3/h6H,4-5H2,1-3H3. The SMILES string of the molecule is CCC(=O)OCC(C)OC(=O)OC. The van der Waals surface area contributed by atoms with Gasteiger partial charge in [-0.1, -0.05) is 6.92 Å². The summed E-state index contributed by atoms with van der Waals surface area (Å²) in [6.07, 6.45) is -0.951. The third-order valence-corrected chi connectivity index (χ3v) is 1.23. The van der Waals surface area contributed by atoms with E-state index in [0.29, 0.717) is 6.42 Å². The molecule has 5 nitrogen and oxygen atoms in total. The molecule has 13 heavy (non-hydrogen) atoms. The molecule has 1 unspecified atom stereocenters. The monoisotopic (exact) mass is 190 g/mol. The largest absolute Gasteiger partial charge is 0.508 e. The summed E-state index contributed by atoms with van der Waals surface area (Å²) in [7, 11) is 1.22. The molecular formula is C8H14O5. The number of esters is 1. The molecule has 0 aliphatic carbocycles. The number of carbonyl (C=O) groups excluding carboxylic acids is 2.